The van der Waals surface area contributed by atoms with Gasteiger partial charge in [0.2, 0.25) is 0 Å². The summed E-state index contributed by atoms with van der Waals surface area (Å²) in [7, 11) is -3.02. The molecule has 2 aromatic carbocycles. The molecule has 1 N–H and O–H groups in total. The Morgan fingerprint density at radius 1 is 0.962 bits per heavy atom. The second-order valence-corrected chi connectivity index (χ2v) is 10.2. The molecule has 2 unspecified atom stereocenters. The summed E-state index contributed by atoms with van der Waals surface area (Å²) in [5.74, 6) is 0.765. The van der Waals surface area contributed by atoms with Crippen LogP contribution in [0.5, 0.6) is 5.75 Å². The highest BCUT2D eigenvalue weighted by atomic mass is 32.2. The second kappa shape index (κ2) is 6.71. The average molecular weight is 372 g/mol. The van der Waals surface area contributed by atoms with Gasteiger partial charge in [0.15, 0.2) is 9.84 Å². The topological polar surface area (TPSA) is 63.6 Å². The zero-order valence-corrected chi connectivity index (χ0v) is 15.5. The number of rotatable bonds is 5. The second-order valence-electron chi connectivity index (χ2n) is 7.64. The molecule has 5 heteroatoms. The van der Waals surface area contributed by atoms with Crippen molar-refractivity contribution in [2.75, 3.05) is 0 Å². The number of sulfone groups is 1. The minimum absolute atomic E-state index is 0.348. The van der Waals surface area contributed by atoms with Gasteiger partial charge in [-0.25, -0.2) is 8.42 Å². The molecule has 2 atom stereocenters. The maximum atomic E-state index is 12.3. The average Bonchev–Trinajstić information content (AvgIpc) is 2.79. The zero-order chi connectivity index (χ0) is 18.2. The van der Waals surface area contributed by atoms with E-state index in [1.165, 1.54) is 0 Å². The first-order valence-corrected chi connectivity index (χ1v) is 10.8. The van der Waals surface area contributed by atoms with Gasteiger partial charge in [0.25, 0.3) is 0 Å². The van der Waals surface area contributed by atoms with Crippen molar-refractivity contribution >= 4 is 9.84 Å². The molecule has 2 aliphatic rings. The Hall–Kier alpha value is -1.85. The van der Waals surface area contributed by atoms with E-state index in [2.05, 4.69) is 0 Å². The van der Waals surface area contributed by atoms with Gasteiger partial charge < -0.3 is 9.84 Å². The number of ether oxygens (including phenoxy) is 1. The van der Waals surface area contributed by atoms with E-state index >= 15 is 0 Å². The Kier molecular flexibility index (Phi) is 4.53. The highest BCUT2D eigenvalue weighted by Gasteiger charge is 2.52. The summed E-state index contributed by atoms with van der Waals surface area (Å²) in [6, 6.07) is 17.7. The van der Waals surface area contributed by atoms with Gasteiger partial charge in [0.05, 0.1) is 16.1 Å². The lowest BCUT2D eigenvalue weighted by atomic mass is 9.87. The molecule has 0 spiro atoms. The van der Waals surface area contributed by atoms with Gasteiger partial charge >= 0.3 is 0 Å². The summed E-state index contributed by atoms with van der Waals surface area (Å²) in [5.41, 5.74) is 1.15. The predicted octanol–water partition coefficient (Wildman–Crippen LogP) is 3.28. The first-order valence-electron chi connectivity index (χ1n) is 9.15. The van der Waals surface area contributed by atoms with Gasteiger partial charge in [0.1, 0.15) is 12.4 Å². The monoisotopic (exact) mass is 372 g/mol. The van der Waals surface area contributed by atoms with Crippen LogP contribution in [-0.2, 0) is 22.9 Å². The standard InChI is InChI=1S/C21H24O4S/c22-21(13-19-9-10-20(14-21)26(19,23)24)12-17-7-4-8-18(11-17)25-15-16-5-2-1-3-6-16/h1-8,11,19-20,22H,9-10,12-15H2. The van der Waals surface area contributed by atoms with E-state index in [4.69, 9.17) is 4.74 Å². The number of fused-ring (bicyclic) bond motifs is 2. The highest BCUT2D eigenvalue weighted by molar-refractivity contribution is 7.93. The molecule has 0 aliphatic carbocycles. The normalized spacial score (nSPS) is 29.4. The van der Waals surface area contributed by atoms with E-state index in [9.17, 15) is 13.5 Å². The van der Waals surface area contributed by atoms with E-state index in [0.717, 1.165) is 16.9 Å². The van der Waals surface area contributed by atoms with Crippen molar-refractivity contribution < 1.29 is 18.3 Å². The van der Waals surface area contributed by atoms with Crippen molar-refractivity contribution in [1.29, 1.82) is 0 Å². The summed E-state index contributed by atoms with van der Waals surface area (Å²) in [4.78, 5) is 0. The fourth-order valence-electron chi connectivity index (χ4n) is 4.35. The van der Waals surface area contributed by atoms with E-state index in [0.29, 0.717) is 38.7 Å². The molecule has 0 amide bonds. The van der Waals surface area contributed by atoms with Crippen molar-refractivity contribution in [2.45, 2.75) is 54.8 Å². The summed E-state index contributed by atoms with van der Waals surface area (Å²) in [5, 5.41) is 10.3. The molecule has 4 rings (SSSR count). The third kappa shape index (κ3) is 3.51. The Morgan fingerprint density at radius 2 is 1.62 bits per heavy atom. The van der Waals surface area contributed by atoms with Crippen LogP contribution in [-0.4, -0.2) is 29.6 Å². The third-order valence-corrected chi connectivity index (χ3v) is 8.30. The van der Waals surface area contributed by atoms with E-state index in [1.54, 1.807) is 0 Å². The molecule has 2 fully saturated rings. The van der Waals surface area contributed by atoms with Crippen LogP contribution in [0.1, 0.15) is 36.8 Å². The predicted molar refractivity (Wildman–Crippen MR) is 101 cm³/mol. The number of hydrogen-bond acceptors (Lipinski definition) is 4. The van der Waals surface area contributed by atoms with Crippen molar-refractivity contribution in [2.24, 2.45) is 0 Å². The summed E-state index contributed by atoms with van der Waals surface area (Å²) in [6.07, 6.45) is 2.55. The molecule has 2 aliphatic heterocycles. The molecule has 2 heterocycles. The van der Waals surface area contributed by atoms with Gasteiger partial charge in [-0.3, -0.25) is 0 Å². The highest BCUT2D eigenvalue weighted by Crippen LogP contribution is 2.44. The maximum Gasteiger partial charge on any atom is 0.156 e. The quantitative estimate of drug-likeness (QED) is 0.875. The van der Waals surface area contributed by atoms with Gasteiger partial charge in [-0.1, -0.05) is 42.5 Å². The van der Waals surface area contributed by atoms with Crippen molar-refractivity contribution in [3.05, 3.63) is 65.7 Å². The van der Waals surface area contributed by atoms with E-state index in [-0.39, 0.29) is 10.5 Å². The smallest absolute Gasteiger partial charge is 0.156 e. The number of benzene rings is 2. The SMILES string of the molecule is O=S1(=O)C2CCC1CC(O)(Cc1cccc(OCc3ccccc3)c1)C2. The minimum atomic E-state index is -3.02. The molecule has 2 aromatic rings. The Balaban J connectivity index is 1.44. The van der Waals surface area contributed by atoms with Crippen LogP contribution < -0.4 is 4.74 Å². The van der Waals surface area contributed by atoms with Crippen LogP contribution in [0.15, 0.2) is 54.6 Å². The van der Waals surface area contributed by atoms with Gasteiger partial charge in [-0.05, 0) is 48.9 Å². The molecule has 0 radical (unpaired) electrons. The third-order valence-electron chi connectivity index (χ3n) is 5.64. The Bertz CT molecular complexity index is 856. The van der Waals surface area contributed by atoms with Crippen LogP contribution in [0, 0.1) is 0 Å². The molecule has 0 aromatic heterocycles. The van der Waals surface area contributed by atoms with Gasteiger partial charge in [-0.2, -0.15) is 0 Å². The fourth-order valence-corrected chi connectivity index (χ4v) is 6.91. The van der Waals surface area contributed by atoms with Gasteiger partial charge in [-0.15, -0.1) is 0 Å². The molecule has 4 nitrogen and oxygen atoms in total. The maximum absolute atomic E-state index is 12.3. The Morgan fingerprint density at radius 3 is 2.31 bits per heavy atom. The van der Waals surface area contributed by atoms with Crippen LogP contribution in [0.25, 0.3) is 0 Å². The molecular formula is C21H24O4S. The molecule has 26 heavy (non-hydrogen) atoms. The lowest BCUT2D eigenvalue weighted by Crippen LogP contribution is -2.46. The van der Waals surface area contributed by atoms with Crippen molar-refractivity contribution in [3.63, 3.8) is 0 Å². The summed E-state index contributed by atoms with van der Waals surface area (Å²) >= 11 is 0. The number of hydrogen-bond donors (Lipinski definition) is 1. The van der Waals surface area contributed by atoms with Crippen LogP contribution in [0.4, 0.5) is 0 Å². The van der Waals surface area contributed by atoms with Crippen molar-refractivity contribution in [3.8, 4) is 5.75 Å². The molecular weight excluding hydrogens is 348 g/mol. The van der Waals surface area contributed by atoms with Gasteiger partial charge in [0, 0.05) is 6.42 Å². The summed E-state index contributed by atoms with van der Waals surface area (Å²) in [6.45, 7) is 0.497. The van der Waals surface area contributed by atoms with Crippen LogP contribution in [0.2, 0.25) is 0 Å². The fraction of sp³-hybridized carbons (Fsp3) is 0.429. The molecule has 2 bridgehead atoms. The molecule has 138 valence electrons. The van der Waals surface area contributed by atoms with Crippen LogP contribution in [0.3, 0.4) is 0 Å². The van der Waals surface area contributed by atoms with E-state index in [1.807, 2.05) is 54.6 Å². The van der Waals surface area contributed by atoms with Crippen LogP contribution >= 0.6 is 0 Å². The number of aliphatic hydroxyl groups is 1. The van der Waals surface area contributed by atoms with Crippen molar-refractivity contribution in [1.82, 2.24) is 0 Å². The molecule has 0 saturated carbocycles. The zero-order valence-electron chi connectivity index (χ0n) is 14.7. The first kappa shape index (κ1) is 17.6. The Labute approximate surface area is 154 Å². The lowest BCUT2D eigenvalue weighted by molar-refractivity contribution is 0.0219. The first-order chi connectivity index (χ1) is 12.4. The minimum Gasteiger partial charge on any atom is -0.489 e. The lowest BCUT2D eigenvalue weighted by Gasteiger charge is -2.36. The van der Waals surface area contributed by atoms with E-state index < -0.39 is 15.4 Å². The molecule has 2 saturated heterocycles. The largest absolute Gasteiger partial charge is 0.489 e. The summed E-state index contributed by atoms with van der Waals surface area (Å²) < 4.78 is 30.4.